The summed E-state index contributed by atoms with van der Waals surface area (Å²) in [5.41, 5.74) is 2.64. The number of carbonyl (C=O) groups excluding carboxylic acids is 1. The SMILES string of the molecule is Cc1ccc(S(=O)(=O)N(C)c2ccc(C(=O)NCc3ccco3)cc2C)cc1. The van der Waals surface area contributed by atoms with Crippen LogP contribution in [0.4, 0.5) is 5.69 Å². The Labute approximate surface area is 164 Å². The van der Waals surface area contributed by atoms with E-state index in [-0.39, 0.29) is 17.3 Å². The normalized spacial score (nSPS) is 11.2. The van der Waals surface area contributed by atoms with Gasteiger partial charge in [-0.05, 0) is 61.9 Å². The third-order valence-corrected chi connectivity index (χ3v) is 6.27. The molecule has 0 aliphatic carbocycles. The Morgan fingerprint density at radius 3 is 2.39 bits per heavy atom. The Morgan fingerprint density at radius 1 is 1.07 bits per heavy atom. The highest BCUT2D eigenvalue weighted by molar-refractivity contribution is 7.92. The molecule has 1 heterocycles. The smallest absolute Gasteiger partial charge is 0.264 e. The first kappa shape index (κ1) is 19.7. The van der Waals surface area contributed by atoms with Crippen molar-refractivity contribution in [1.29, 1.82) is 0 Å². The van der Waals surface area contributed by atoms with Crippen molar-refractivity contribution in [3.05, 3.63) is 83.3 Å². The van der Waals surface area contributed by atoms with Gasteiger partial charge in [-0.3, -0.25) is 9.10 Å². The molecule has 0 bridgehead atoms. The number of nitrogens with zero attached hydrogens (tertiary/aromatic N) is 1. The third kappa shape index (κ3) is 4.09. The summed E-state index contributed by atoms with van der Waals surface area (Å²) in [6.45, 7) is 3.97. The standard InChI is InChI=1S/C21H22N2O4S/c1-15-6-9-19(10-7-15)28(25,26)23(3)20-11-8-17(13-16(20)2)21(24)22-14-18-5-4-12-27-18/h4-13H,14H2,1-3H3,(H,22,24). The number of carbonyl (C=O) groups is 1. The van der Waals surface area contributed by atoms with E-state index in [2.05, 4.69) is 5.32 Å². The van der Waals surface area contributed by atoms with E-state index in [0.717, 1.165) is 5.56 Å². The molecule has 7 heteroatoms. The van der Waals surface area contributed by atoms with Crippen LogP contribution in [-0.4, -0.2) is 21.4 Å². The summed E-state index contributed by atoms with van der Waals surface area (Å²) < 4.78 is 32.2. The molecule has 0 saturated heterocycles. The van der Waals surface area contributed by atoms with E-state index in [0.29, 0.717) is 22.6 Å². The number of hydrogen-bond acceptors (Lipinski definition) is 4. The monoisotopic (exact) mass is 398 g/mol. The molecule has 1 N–H and O–H groups in total. The van der Waals surface area contributed by atoms with E-state index >= 15 is 0 Å². The molecule has 0 saturated carbocycles. The van der Waals surface area contributed by atoms with E-state index in [9.17, 15) is 13.2 Å². The van der Waals surface area contributed by atoms with Crippen molar-refractivity contribution < 1.29 is 17.6 Å². The van der Waals surface area contributed by atoms with Crippen LogP contribution in [0, 0.1) is 13.8 Å². The Kier molecular flexibility index (Phi) is 5.56. The lowest BCUT2D eigenvalue weighted by molar-refractivity contribution is 0.0948. The average molecular weight is 398 g/mol. The van der Waals surface area contributed by atoms with Gasteiger partial charge < -0.3 is 9.73 Å². The first-order valence-electron chi connectivity index (χ1n) is 8.76. The first-order chi connectivity index (χ1) is 13.3. The number of nitrogens with one attached hydrogen (secondary N) is 1. The Balaban J connectivity index is 1.79. The summed E-state index contributed by atoms with van der Waals surface area (Å²) in [6.07, 6.45) is 1.55. The number of furan rings is 1. The van der Waals surface area contributed by atoms with Gasteiger partial charge in [0.15, 0.2) is 0 Å². The molecular weight excluding hydrogens is 376 g/mol. The van der Waals surface area contributed by atoms with E-state index < -0.39 is 10.0 Å². The highest BCUT2D eigenvalue weighted by Gasteiger charge is 2.23. The van der Waals surface area contributed by atoms with E-state index in [1.807, 2.05) is 6.92 Å². The predicted octanol–water partition coefficient (Wildman–Crippen LogP) is 3.65. The fourth-order valence-electron chi connectivity index (χ4n) is 2.83. The van der Waals surface area contributed by atoms with Crippen molar-refractivity contribution in [2.45, 2.75) is 25.3 Å². The van der Waals surface area contributed by atoms with Crippen molar-refractivity contribution in [2.24, 2.45) is 0 Å². The molecule has 0 fully saturated rings. The summed E-state index contributed by atoms with van der Waals surface area (Å²) in [4.78, 5) is 12.6. The van der Waals surface area contributed by atoms with Crippen LogP contribution >= 0.6 is 0 Å². The minimum absolute atomic E-state index is 0.222. The van der Waals surface area contributed by atoms with Gasteiger partial charge in [-0.2, -0.15) is 0 Å². The Bertz CT molecular complexity index is 1070. The van der Waals surface area contributed by atoms with Crippen molar-refractivity contribution in [3.8, 4) is 0 Å². The topological polar surface area (TPSA) is 79.6 Å². The molecule has 146 valence electrons. The summed E-state index contributed by atoms with van der Waals surface area (Å²) >= 11 is 0. The summed E-state index contributed by atoms with van der Waals surface area (Å²) in [7, 11) is -2.18. The van der Waals surface area contributed by atoms with Gasteiger partial charge in [0.05, 0.1) is 23.4 Å². The highest BCUT2D eigenvalue weighted by Crippen LogP contribution is 2.26. The van der Waals surface area contributed by atoms with Crippen LogP contribution in [0.3, 0.4) is 0 Å². The van der Waals surface area contributed by atoms with Crippen LogP contribution in [0.25, 0.3) is 0 Å². The van der Waals surface area contributed by atoms with Gasteiger partial charge in [-0.1, -0.05) is 17.7 Å². The molecule has 0 radical (unpaired) electrons. The molecule has 1 aromatic heterocycles. The van der Waals surface area contributed by atoms with Crippen LogP contribution in [-0.2, 0) is 16.6 Å². The van der Waals surface area contributed by atoms with E-state index in [1.165, 1.54) is 11.4 Å². The number of hydrogen-bond donors (Lipinski definition) is 1. The Morgan fingerprint density at radius 2 is 1.79 bits per heavy atom. The highest BCUT2D eigenvalue weighted by atomic mass is 32.2. The zero-order valence-electron chi connectivity index (χ0n) is 16.0. The zero-order valence-corrected chi connectivity index (χ0v) is 16.8. The number of anilines is 1. The maximum Gasteiger partial charge on any atom is 0.264 e. The van der Waals surface area contributed by atoms with Crippen molar-refractivity contribution in [2.75, 3.05) is 11.4 Å². The molecular formula is C21H22N2O4S. The van der Waals surface area contributed by atoms with Gasteiger partial charge in [-0.15, -0.1) is 0 Å². The Hall–Kier alpha value is -3.06. The van der Waals surface area contributed by atoms with E-state index in [1.54, 1.807) is 67.8 Å². The molecule has 2 aromatic carbocycles. The largest absolute Gasteiger partial charge is 0.467 e. The molecule has 0 atom stereocenters. The molecule has 0 aliphatic heterocycles. The second kappa shape index (κ2) is 7.90. The van der Waals surface area contributed by atoms with Crippen LogP contribution in [0.5, 0.6) is 0 Å². The summed E-state index contributed by atoms with van der Waals surface area (Å²) in [5, 5.41) is 2.77. The average Bonchev–Trinajstić information content (AvgIpc) is 3.19. The number of amides is 1. The second-order valence-corrected chi connectivity index (χ2v) is 8.52. The predicted molar refractivity (Wildman–Crippen MR) is 108 cm³/mol. The van der Waals surface area contributed by atoms with Crippen LogP contribution < -0.4 is 9.62 Å². The van der Waals surface area contributed by atoms with Crippen molar-refractivity contribution in [3.63, 3.8) is 0 Å². The lowest BCUT2D eigenvalue weighted by Gasteiger charge is -2.22. The van der Waals surface area contributed by atoms with Crippen LogP contribution in [0.15, 0.2) is 70.2 Å². The maximum atomic E-state index is 12.9. The van der Waals surface area contributed by atoms with Crippen LogP contribution in [0.1, 0.15) is 27.2 Å². The second-order valence-electron chi connectivity index (χ2n) is 6.55. The van der Waals surface area contributed by atoms with E-state index in [4.69, 9.17) is 4.42 Å². The number of aryl methyl sites for hydroxylation is 2. The lowest BCUT2D eigenvalue weighted by Crippen LogP contribution is -2.27. The summed E-state index contributed by atoms with van der Waals surface area (Å²) in [5.74, 6) is 0.403. The van der Waals surface area contributed by atoms with Gasteiger partial charge in [0.25, 0.3) is 15.9 Å². The van der Waals surface area contributed by atoms with Gasteiger partial charge in [0.2, 0.25) is 0 Å². The molecule has 28 heavy (non-hydrogen) atoms. The summed E-state index contributed by atoms with van der Waals surface area (Å²) in [6, 6.07) is 15.2. The number of sulfonamides is 1. The van der Waals surface area contributed by atoms with Gasteiger partial charge in [0.1, 0.15) is 5.76 Å². The minimum atomic E-state index is -3.68. The number of benzene rings is 2. The zero-order chi connectivity index (χ0) is 20.3. The van der Waals surface area contributed by atoms with Gasteiger partial charge >= 0.3 is 0 Å². The molecule has 3 aromatic rings. The first-order valence-corrected chi connectivity index (χ1v) is 10.2. The maximum absolute atomic E-state index is 12.9. The fraction of sp³-hybridized carbons (Fsp3) is 0.190. The van der Waals surface area contributed by atoms with Gasteiger partial charge in [-0.25, -0.2) is 8.42 Å². The third-order valence-electron chi connectivity index (χ3n) is 4.48. The molecule has 0 unspecified atom stereocenters. The van der Waals surface area contributed by atoms with Gasteiger partial charge in [0, 0.05) is 12.6 Å². The molecule has 3 rings (SSSR count). The molecule has 6 nitrogen and oxygen atoms in total. The minimum Gasteiger partial charge on any atom is -0.467 e. The quantitative estimate of drug-likeness (QED) is 0.687. The lowest BCUT2D eigenvalue weighted by atomic mass is 10.1. The van der Waals surface area contributed by atoms with Crippen LogP contribution in [0.2, 0.25) is 0 Å². The molecule has 0 spiro atoms. The molecule has 1 amide bonds. The number of rotatable bonds is 6. The molecule has 0 aliphatic rings. The van der Waals surface area contributed by atoms with Crippen molar-refractivity contribution in [1.82, 2.24) is 5.32 Å². The fourth-order valence-corrected chi connectivity index (χ4v) is 4.09. The van der Waals surface area contributed by atoms with Crippen molar-refractivity contribution >= 4 is 21.6 Å².